The molecule has 0 spiro atoms. The third kappa shape index (κ3) is 3.51. The average molecular weight is 254 g/mol. The van der Waals surface area contributed by atoms with Crippen LogP contribution in [0, 0.1) is 5.92 Å². The van der Waals surface area contributed by atoms with E-state index in [-0.39, 0.29) is 17.9 Å². The number of nitrogens with one attached hydrogen (secondary N) is 1. The molecule has 0 aromatic rings. The van der Waals surface area contributed by atoms with Gasteiger partial charge in [0.25, 0.3) is 0 Å². The van der Waals surface area contributed by atoms with Crippen molar-refractivity contribution in [2.45, 2.75) is 31.9 Å². The summed E-state index contributed by atoms with van der Waals surface area (Å²) < 4.78 is 5.34. The van der Waals surface area contributed by atoms with E-state index in [1.165, 1.54) is 0 Å². The number of alkyl halides is 2. The molecule has 1 heterocycles. The Morgan fingerprint density at radius 2 is 2.13 bits per heavy atom. The first-order valence-electron chi connectivity index (χ1n) is 5.06. The van der Waals surface area contributed by atoms with E-state index in [1.807, 2.05) is 13.8 Å². The lowest BCUT2D eigenvalue weighted by atomic mass is 10.0. The van der Waals surface area contributed by atoms with Gasteiger partial charge >= 0.3 is 0 Å². The SMILES string of the molecule is CC1CC(C(=O)NC(C)(CCl)CCl)CO1. The highest BCUT2D eigenvalue weighted by atomic mass is 35.5. The lowest BCUT2D eigenvalue weighted by Crippen LogP contribution is -2.51. The summed E-state index contributed by atoms with van der Waals surface area (Å²) in [6, 6.07) is 0. The van der Waals surface area contributed by atoms with Gasteiger partial charge in [-0.15, -0.1) is 23.2 Å². The summed E-state index contributed by atoms with van der Waals surface area (Å²) in [4.78, 5) is 11.8. The summed E-state index contributed by atoms with van der Waals surface area (Å²) >= 11 is 11.5. The predicted octanol–water partition coefficient (Wildman–Crippen LogP) is 1.76. The van der Waals surface area contributed by atoms with Crippen molar-refractivity contribution >= 4 is 29.1 Å². The molecule has 1 amide bonds. The molecule has 2 unspecified atom stereocenters. The molecule has 0 aliphatic carbocycles. The number of hydrogen-bond acceptors (Lipinski definition) is 2. The van der Waals surface area contributed by atoms with Crippen molar-refractivity contribution in [3.05, 3.63) is 0 Å². The van der Waals surface area contributed by atoms with Crippen molar-refractivity contribution in [1.82, 2.24) is 5.32 Å². The Kier molecular flexibility index (Phi) is 4.68. The first kappa shape index (κ1) is 13.1. The molecular formula is C10H17Cl2NO2. The van der Waals surface area contributed by atoms with E-state index in [9.17, 15) is 4.79 Å². The molecule has 15 heavy (non-hydrogen) atoms. The second-order valence-corrected chi connectivity index (χ2v) is 4.93. The molecule has 0 radical (unpaired) electrons. The fraction of sp³-hybridized carbons (Fsp3) is 0.900. The van der Waals surface area contributed by atoms with Crippen LogP contribution in [-0.4, -0.2) is 35.9 Å². The van der Waals surface area contributed by atoms with Gasteiger partial charge in [-0.25, -0.2) is 0 Å². The maximum Gasteiger partial charge on any atom is 0.226 e. The summed E-state index contributed by atoms with van der Waals surface area (Å²) in [5.41, 5.74) is -0.522. The fourth-order valence-corrected chi connectivity index (χ4v) is 1.92. The van der Waals surface area contributed by atoms with Crippen LogP contribution in [0.1, 0.15) is 20.3 Å². The number of halogens is 2. The highest BCUT2D eigenvalue weighted by molar-refractivity contribution is 6.22. The van der Waals surface area contributed by atoms with Crippen molar-refractivity contribution in [2.24, 2.45) is 5.92 Å². The standard InChI is InChI=1S/C10H17Cl2NO2/c1-7-3-8(4-15-7)9(14)13-10(2,5-11)6-12/h7-8H,3-6H2,1-2H3,(H,13,14). The molecule has 1 fully saturated rings. The van der Waals surface area contributed by atoms with E-state index < -0.39 is 5.54 Å². The lowest BCUT2D eigenvalue weighted by Gasteiger charge is -2.27. The van der Waals surface area contributed by atoms with E-state index in [4.69, 9.17) is 27.9 Å². The maximum absolute atomic E-state index is 11.8. The van der Waals surface area contributed by atoms with Gasteiger partial charge in [-0.2, -0.15) is 0 Å². The van der Waals surface area contributed by atoms with Crippen LogP contribution in [0.2, 0.25) is 0 Å². The summed E-state index contributed by atoms with van der Waals surface area (Å²) in [5, 5.41) is 2.87. The molecule has 1 aliphatic heterocycles. The Morgan fingerprint density at radius 1 is 1.53 bits per heavy atom. The molecule has 88 valence electrons. The Bertz CT molecular complexity index is 231. The van der Waals surface area contributed by atoms with Crippen molar-refractivity contribution in [3.63, 3.8) is 0 Å². The molecule has 0 aromatic carbocycles. The van der Waals surface area contributed by atoms with Crippen molar-refractivity contribution in [1.29, 1.82) is 0 Å². The van der Waals surface area contributed by atoms with E-state index in [1.54, 1.807) is 0 Å². The van der Waals surface area contributed by atoms with Crippen LogP contribution >= 0.6 is 23.2 Å². The van der Waals surface area contributed by atoms with E-state index in [0.717, 1.165) is 6.42 Å². The maximum atomic E-state index is 11.8. The Hall–Kier alpha value is 0.01000. The Balaban J connectivity index is 2.48. The number of carbonyl (C=O) groups is 1. The van der Waals surface area contributed by atoms with Gasteiger partial charge in [-0.05, 0) is 20.3 Å². The largest absolute Gasteiger partial charge is 0.378 e. The number of rotatable bonds is 4. The van der Waals surface area contributed by atoms with Gasteiger partial charge < -0.3 is 10.1 Å². The number of ether oxygens (including phenoxy) is 1. The van der Waals surface area contributed by atoms with E-state index >= 15 is 0 Å². The Morgan fingerprint density at radius 3 is 2.53 bits per heavy atom. The lowest BCUT2D eigenvalue weighted by molar-refractivity contribution is -0.126. The van der Waals surface area contributed by atoms with E-state index in [0.29, 0.717) is 18.4 Å². The molecule has 5 heteroatoms. The molecule has 3 nitrogen and oxygen atoms in total. The smallest absolute Gasteiger partial charge is 0.226 e. The highest BCUT2D eigenvalue weighted by Crippen LogP contribution is 2.20. The summed E-state index contributed by atoms with van der Waals surface area (Å²) in [6.07, 6.45) is 0.936. The molecule has 0 aromatic heterocycles. The Labute approximate surface area is 100 Å². The van der Waals surface area contributed by atoms with Crippen LogP contribution in [0.5, 0.6) is 0 Å². The molecule has 1 rings (SSSR count). The number of carbonyl (C=O) groups excluding carboxylic acids is 1. The molecular weight excluding hydrogens is 237 g/mol. The third-order valence-electron chi connectivity index (χ3n) is 2.58. The van der Waals surface area contributed by atoms with Crippen LogP contribution in [0.15, 0.2) is 0 Å². The van der Waals surface area contributed by atoms with Gasteiger partial charge in [0.1, 0.15) is 0 Å². The normalized spacial score (nSPS) is 26.7. The first-order chi connectivity index (χ1) is 7.00. The number of hydrogen-bond donors (Lipinski definition) is 1. The topological polar surface area (TPSA) is 38.3 Å². The minimum absolute atomic E-state index is 0.0110. The zero-order valence-corrected chi connectivity index (χ0v) is 10.6. The fourth-order valence-electron chi connectivity index (χ4n) is 1.50. The molecule has 0 bridgehead atoms. The molecule has 0 saturated carbocycles. The quantitative estimate of drug-likeness (QED) is 0.776. The van der Waals surface area contributed by atoms with Gasteiger partial charge in [0.15, 0.2) is 0 Å². The minimum Gasteiger partial charge on any atom is -0.378 e. The van der Waals surface area contributed by atoms with Gasteiger partial charge in [0.05, 0.1) is 24.2 Å². The second kappa shape index (κ2) is 5.37. The monoisotopic (exact) mass is 253 g/mol. The number of amides is 1. The third-order valence-corrected chi connectivity index (χ3v) is 3.76. The zero-order chi connectivity index (χ0) is 11.5. The first-order valence-corrected chi connectivity index (χ1v) is 6.13. The van der Waals surface area contributed by atoms with Crippen LogP contribution in [0.25, 0.3) is 0 Å². The summed E-state index contributed by atoms with van der Waals surface area (Å²) in [7, 11) is 0. The van der Waals surface area contributed by atoms with E-state index in [2.05, 4.69) is 5.32 Å². The highest BCUT2D eigenvalue weighted by Gasteiger charge is 2.32. The molecule has 2 atom stereocenters. The summed E-state index contributed by atoms with van der Waals surface area (Å²) in [5.74, 6) is 0.547. The van der Waals surface area contributed by atoms with Crippen molar-refractivity contribution in [2.75, 3.05) is 18.4 Å². The van der Waals surface area contributed by atoms with Gasteiger partial charge in [0, 0.05) is 11.8 Å². The van der Waals surface area contributed by atoms with Crippen LogP contribution in [0.4, 0.5) is 0 Å². The van der Waals surface area contributed by atoms with Crippen molar-refractivity contribution in [3.8, 4) is 0 Å². The predicted molar refractivity (Wildman–Crippen MR) is 61.5 cm³/mol. The molecule has 1 aliphatic rings. The van der Waals surface area contributed by atoms with Crippen molar-refractivity contribution < 1.29 is 9.53 Å². The van der Waals surface area contributed by atoms with Gasteiger partial charge in [0.2, 0.25) is 5.91 Å². The average Bonchev–Trinajstić information content (AvgIpc) is 2.65. The second-order valence-electron chi connectivity index (χ2n) is 4.39. The molecule has 1 N–H and O–H groups in total. The molecule has 1 saturated heterocycles. The van der Waals surface area contributed by atoms with Crippen LogP contribution < -0.4 is 5.32 Å². The van der Waals surface area contributed by atoms with Crippen LogP contribution in [-0.2, 0) is 9.53 Å². The van der Waals surface area contributed by atoms with Crippen LogP contribution in [0.3, 0.4) is 0 Å². The zero-order valence-electron chi connectivity index (χ0n) is 9.06. The summed E-state index contributed by atoms with van der Waals surface area (Å²) in [6.45, 7) is 4.30. The van der Waals surface area contributed by atoms with Gasteiger partial charge in [-0.3, -0.25) is 4.79 Å². The van der Waals surface area contributed by atoms with Gasteiger partial charge in [-0.1, -0.05) is 0 Å². The minimum atomic E-state index is -0.522.